The Morgan fingerprint density at radius 2 is 1.77 bits per heavy atom. The number of hydrogen-bond acceptors (Lipinski definition) is 4. The third kappa shape index (κ3) is 2.71. The average Bonchev–Trinajstić information content (AvgIpc) is 2.49. The fourth-order valence-electron chi connectivity index (χ4n) is 5.30. The van der Waals surface area contributed by atoms with Gasteiger partial charge in [0, 0.05) is 11.8 Å². The first kappa shape index (κ1) is 15.3. The lowest BCUT2D eigenvalue weighted by atomic mass is 9.49. The van der Waals surface area contributed by atoms with Crippen LogP contribution in [0.15, 0.2) is 0 Å². The molecule has 4 aliphatic rings. The Kier molecular flexibility index (Phi) is 4.12. The number of nitrogens with one attached hydrogen (secondary N) is 1. The monoisotopic (exact) mass is 304 g/mol. The number of nitrogens with zero attached hydrogens (tertiary/aromatic N) is 1. The summed E-state index contributed by atoms with van der Waals surface area (Å²) >= 11 is 0. The van der Waals surface area contributed by atoms with Crippen LogP contribution in [0.1, 0.15) is 51.4 Å². The van der Waals surface area contributed by atoms with Crippen LogP contribution >= 0.6 is 0 Å². The Bertz CT molecular complexity index is 473. The van der Waals surface area contributed by atoms with Crippen LogP contribution in [0, 0.1) is 34.5 Å². The maximum atomic E-state index is 12.9. The predicted molar refractivity (Wildman–Crippen MR) is 79.4 cm³/mol. The molecule has 120 valence electrons. The van der Waals surface area contributed by atoms with Gasteiger partial charge in [0.05, 0.1) is 13.2 Å². The molecule has 4 aliphatic carbocycles. The van der Waals surface area contributed by atoms with Gasteiger partial charge in [0.25, 0.3) is 0 Å². The van der Waals surface area contributed by atoms with Crippen LogP contribution in [0.2, 0.25) is 0 Å². The molecule has 0 aliphatic heterocycles. The Morgan fingerprint density at radius 3 is 2.23 bits per heavy atom. The highest BCUT2D eigenvalue weighted by Gasteiger charge is 2.54. The molecule has 5 heteroatoms. The van der Waals surface area contributed by atoms with Crippen LogP contribution in [0.4, 0.5) is 0 Å². The first-order valence-electron chi connectivity index (χ1n) is 8.32. The minimum Gasteiger partial charge on any atom is -0.467 e. The molecule has 1 atom stereocenters. The van der Waals surface area contributed by atoms with Crippen LogP contribution < -0.4 is 5.32 Å². The van der Waals surface area contributed by atoms with Gasteiger partial charge in [-0.3, -0.25) is 4.79 Å². The Morgan fingerprint density at radius 1 is 1.23 bits per heavy atom. The van der Waals surface area contributed by atoms with Crippen molar-refractivity contribution in [3.05, 3.63) is 0 Å². The van der Waals surface area contributed by atoms with E-state index in [1.807, 2.05) is 6.07 Å². The zero-order valence-corrected chi connectivity index (χ0v) is 13.1. The summed E-state index contributed by atoms with van der Waals surface area (Å²) in [6.07, 6.45) is 7.30. The van der Waals surface area contributed by atoms with Gasteiger partial charge < -0.3 is 10.1 Å². The summed E-state index contributed by atoms with van der Waals surface area (Å²) in [6, 6.07) is 1.34. The second-order valence-electron chi connectivity index (χ2n) is 7.44. The standard InChI is InChI=1S/C17H24N2O3/c1-22-15(20)14(3-2-4-18)19-16(21)17-8-11-5-12(9-17)7-13(6-11)10-17/h11-14H,2-3,5-10H2,1H3,(H,19,21)/t11?,12?,13?,14-,17?/m1/s1. The third-order valence-electron chi connectivity index (χ3n) is 5.86. The SMILES string of the molecule is COC(=O)[C@@H](CCC#N)NC(=O)C12CC3CC(CC(C3)C1)C2. The van der Waals surface area contributed by atoms with Gasteiger partial charge in [0.15, 0.2) is 0 Å². The molecule has 4 bridgehead atoms. The van der Waals surface area contributed by atoms with Gasteiger partial charge in [-0.2, -0.15) is 5.26 Å². The molecule has 4 rings (SSSR count). The summed E-state index contributed by atoms with van der Waals surface area (Å²) < 4.78 is 4.77. The number of esters is 1. The van der Waals surface area contributed by atoms with Crippen LogP contribution in [0.3, 0.4) is 0 Å². The molecular weight excluding hydrogens is 280 g/mol. The van der Waals surface area contributed by atoms with Crippen LogP contribution in [-0.2, 0) is 14.3 Å². The zero-order chi connectivity index (χ0) is 15.7. The molecule has 5 nitrogen and oxygen atoms in total. The molecule has 0 aromatic carbocycles. The fourth-order valence-corrected chi connectivity index (χ4v) is 5.30. The summed E-state index contributed by atoms with van der Waals surface area (Å²) in [6.45, 7) is 0. The summed E-state index contributed by atoms with van der Waals surface area (Å²) in [5, 5.41) is 11.6. The molecule has 4 fully saturated rings. The van der Waals surface area contributed by atoms with Crippen molar-refractivity contribution in [3.63, 3.8) is 0 Å². The van der Waals surface area contributed by atoms with E-state index >= 15 is 0 Å². The van der Waals surface area contributed by atoms with Crippen molar-refractivity contribution in [2.45, 2.75) is 57.4 Å². The molecule has 0 unspecified atom stereocenters. The summed E-state index contributed by atoms with van der Waals surface area (Å²) in [7, 11) is 1.32. The lowest BCUT2D eigenvalue weighted by molar-refractivity contribution is -0.153. The van der Waals surface area contributed by atoms with Crippen LogP contribution in [0.5, 0.6) is 0 Å². The van der Waals surface area contributed by atoms with E-state index in [1.165, 1.54) is 26.4 Å². The smallest absolute Gasteiger partial charge is 0.328 e. The lowest BCUT2D eigenvalue weighted by Gasteiger charge is -2.55. The van der Waals surface area contributed by atoms with Crippen molar-refractivity contribution in [2.24, 2.45) is 23.2 Å². The number of rotatable bonds is 5. The van der Waals surface area contributed by atoms with Gasteiger partial charge in [-0.15, -0.1) is 0 Å². The van der Waals surface area contributed by atoms with Crippen molar-refractivity contribution in [1.29, 1.82) is 5.26 Å². The fraction of sp³-hybridized carbons (Fsp3) is 0.824. The molecular formula is C17H24N2O3. The second-order valence-corrected chi connectivity index (χ2v) is 7.44. The van der Waals surface area contributed by atoms with Gasteiger partial charge in [0.2, 0.25) is 5.91 Å². The number of amides is 1. The Balaban J connectivity index is 1.70. The first-order valence-corrected chi connectivity index (χ1v) is 8.32. The number of hydrogen-bond donors (Lipinski definition) is 1. The van der Waals surface area contributed by atoms with Gasteiger partial charge in [0.1, 0.15) is 6.04 Å². The highest BCUT2D eigenvalue weighted by Crippen LogP contribution is 2.60. The maximum absolute atomic E-state index is 12.9. The van der Waals surface area contributed by atoms with Crippen LogP contribution in [0.25, 0.3) is 0 Å². The molecule has 0 aromatic rings. The maximum Gasteiger partial charge on any atom is 0.328 e. The van der Waals surface area contributed by atoms with E-state index in [4.69, 9.17) is 10.00 Å². The molecule has 0 heterocycles. The predicted octanol–water partition coefficient (Wildman–Crippen LogP) is 2.16. The van der Waals surface area contributed by atoms with E-state index in [-0.39, 0.29) is 17.7 Å². The highest BCUT2D eigenvalue weighted by molar-refractivity contribution is 5.88. The second kappa shape index (κ2) is 5.91. The molecule has 0 saturated heterocycles. The Hall–Kier alpha value is -1.57. The molecule has 0 spiro atoms. The number of nitriles is 1. The Labute approximate surface area is 131 Å². The van der Waals surface area contributed by atoms with E-state index in [1.54, 1.807) is 0 Å². The van der Waals surface area contributed by atoms with E-state index in [2.05, 4.69) is 5.32 Å². The van der Waals surface area contributed by atoms with Crippen LogP contribution in [-0.4, -0.2) is 25.0 Å². The third-order valence-corrected chi connectivity index (χ3v) is 5.86. The van der Waals surface area contributed by atoms with Crippen molar-refractivity contribution >= 4 is 11.9 Å². The van der Waals surface area contributed by atoms with Crippen molar-refractivity contribution in [3.8, 4) is 6.07 Å². The van der Waals surface area contributed by atoms with Crippen molar-refractivity contribution < 1.29 is 14.3 Å². The van der Waals surface area contributed by atoms with Crippen molar-refractivity contribution in [1.82, 2.24) is 5.32 Å². The minimum atomic E-state index is -0.690. The quantitative estimate of drug-likeness (QED) is 0.789. The number of methoxy groups -OCH3 is 1. The summed E-state index contributed by atoms with van der Waals surface area (Å²) in [4.78, 5) is 24.7. The molecule has 1 N–H and O–H groups in total. The summed E-state index contributed by atoms with van der Waals surface area (Å²) in [5.74, 6) is 1.63. The summed E-state index contributed by atoms with van der Waals surface area (Å²) in [5.41, 5.74) is -0.270. The molecule has 22 heavy (non-hydrogen) atoms. The van der Waals surface area contributed by atoms with E-state index in [0.717, 1.165) is 19.3 Å². The molecule has 0 radical (unpaired) electrons. The van der Waals surface area contributed by atoms with Gasteiger partial charge in [-0.25, -0.2) is 4.79 Å². The van der Waals surface area contributed by atoms with Gasteiger partial charge in [-0.05, 0) is 62.7 Å². The number of carbonyl (C=O) groups excluding carboxylic acids is 2. The number of carbonyl (C=O) groups is 2. The molecule has 1 amide bonds. The largest absolute Gasteiger partial charge is 0.467 e. The zero-order valence-electron chi connectivity index (χ0n) is 13.1. The minimum absolute atomic E-state index is 0.0138. The topological polar surface area (TPSA) is 79.2 Å². The highest BCUT2D eigenvalue weighted by atomic mass is 16.5. The first-order chi connectivity index (χ1) is 10.6. The molecule has 4 saturated carbocycles. The normalized spacial score (nSPS) is 36.5. The van der Waals surface area contributed by atoms with Crippen molar-refractivity contribution in [2.75, 3.05) is 7.11 Å². The lowest BCUT2D eigenvalue weighted by Crippen LogP contribution is -2.56. The van der Waals surface area contributed by atoms with Gasteiger partial charge in [-0.1, -0.05) is 0 Å². The van der Waals surface area contributed by atoms with E-state index < -0.39 is 12.0 Å². The van der Waals surface area contributed by atoms with E-state index in [0.29, 0.717) is 24.2 Å². The number of ether oxygens (including phenoxy) is 1. The molecule has 0 aromatic heterocycles. The average molecular weight is 304 g/mol. The van der Waals surface area contributed by atoms with Gasteiger partial charge >= 0.3 is 5.97 Å². The van der Waals surface area contributed by atoms with E-state index in [9.17, 15) is 9.59 Å².